The molecule has 0 aromatic rings. The van der Waals surface area contributed by atoms with Crippen molar-refractivity contribution in [3.63, 3.8) is 0 Å². The molecule has 2 unspecified atom stereocenters. The van der Waals surface area contributed by atoms with E-state index in [1.165, 1.54) is 18.7 Å². The van der Waals surface area contributed by atoms with Crippen LogP contribution in [0.2, 0.25) is 0 Å². The minimum absolute atomic E-state index is 0.0220. The third kappa shape index (κ3) is 2.85. The van der Waals surface area contributed by atoms with Crippen molar-refractivity contribution >= 4 is 0 Å². The standard InChI is InChI=1S/C10H18F4N2/c1-7(2)8(10(12,13)14)16-4-3-9(15,5-11)6-16/h7-8H,3-6,15H2,1-2H3. The van der Waals surface area contributed by atoms with Crippen molar-refractivity contribution in [2.75, 3.05) is 19.8 Å². The van der Waals surface area contributed by atoms with E-state index in [4.69, 9.17) is 5.73 Å². The smallest absolute Gasteiger partial charge is 0.322 e. The van der Waals surface area contributed by atoms with Crippen LogP contribution in [0.3, 0.4) is 0 Å². The summed E-state index contributed by atoms with van der Waals surface area (Å²) >= 11 is 0. The largest absolute Gasteiger partial charge is 0.404 e. The SMILES string of the molecule is CC(C)C(N1CCC(N)(CF)C1)C(F)(F)F. The third-order valence-corrected chi connectivity index (χ3v) is 3.04. The van der Waals surface area contributed by atoms with E-state index in [-0.39, 0.29) is 19.5 Å². The summed E-state index contributed by atoms with van der Waals surface area (Å²) in [6.07, 6.45) is -4.00. The van der Waals surface area contributed by atoms with Gasteiger partial charge < -0.3 is 5.73 Å². The zero-order chi connectivity index (χ0) is 12.6. The van der Waals surface area contributed by atoms with E-state index in [0.29, 0.717) is 0 Å². The lowest BCUT2D eigenvalue weighted by atomic mass is 10.0. The zero-order valence-electron chi connectivity index (χ0n) is 9.52. The van der Waals surface area contributed by atoms with Gasteiger partial charge in [0.15, 0.2) is 0 Å². The average Bonchev–Trinajstić information content (AvgIpc) is 2.46. The van der Waals surface area contributed by atoms with E-state index in [1.54, 1.807) is 0 Å². The summed E-state index contributed by atoms with van der Waals surface area (Å²) in [5.74, 6) is -0.554. The summed E-state index contributed by atoms with van der Waals surface area (Å²) in [7, 11) is 0. The second kappa shape index (κ2) is 4.49. The van der Waals surface area contributed by atoms with Crippen LogP contribution >= 0.6 is 0 Å². The Labute approximate surface area is 92.8 Å². The topological polar surface area (TPSA) is 29.3 Å². The minimum atomic E-state index is -4.28. The van der Waals surface area contributed by atoms with E-state index in [9.17, 15) is 17.6 Å². The lowest BCUT2D eigenvalue weighted by Gasteiger charge is -2.33. The molecular weight excluding hydrogens is 224 g/mol. The first-order chi connectivity index (χ1) is 7.19. The van der Waals surface area contributed by atoms with Crippen LogP contribution in [-0.2, 0) is 0 Å². The van der Waals surface area contributed by atoms with Crippen LogP contribution in [0.4, 0.5) is 17.6 Å². The molecule has 2 atom stereocenters. The van der Waals surface area contributed by atoms with Gasteiger partial charge in [0, 0.05) is 13.1 Å². The van der Waals surface area contributed by atoms with Gasteiger partial charge in [-0.3, -0.25) is 4.90 Å². The van der Waals surface area contributed by atoms with Gasteiger partial charge in [-0.1, -0.05) is 13.8 Å². The molecule has 1 saturated heterocycles. The maximum absolute atomic E-state index is 12.8. The Bertz CT molecular complexity index is 241. The first kappa shape index (κ1) is 13.7. The van der Waals surface area contributed by atoms with Crippen LogP contribution in [-0.4, -0.2) is 42.4 Å². The van der Waals surface area contributed by atoms with Gasteiger partial charge in [-0.15, -0.1) is 0 Å². The molecule has 2 nitrogen and oxygen atoms in total. The summed E-state index contributed by atoms with van der Waals surface area (Å²) in [6, 6.07) is -1.52. The number of hydrogen-bond acceptors (Lipinski definition) is 2. The molecule has 0 aliphatic carbocycles. The van der Waals surface area contributed by atoms with Crippen LogP contribution in [0.15, 0.2) is 0 Å². The van der Waals surface area contributed by atoms with Gasteiger partial charge in [0.25, 0.3) is 0 Å². The van der Waals surface area contributed by atoms with Crippen molar-refractivity contribution in [3.05, 3.63) is 0 Å². The summed E-state index contributed by atoms with van der Waals surface area (Å²) in [5.41, 5.74) is 4.55. The molecule has 96 valence electrons. The number of alkyl halides is 4. The highest BCUT2D eigenvalue weighted by Crippen LogP contribution is 2.34. The van der Waals surface area contributed by atoms with Crippen LogP contribution in [0.25, 0.3) is 0 Å². The van der Waals surface area contributed by atoms with Gasteiger partial charge in [0.2, 0.25) is 0 Å². The predicted octanol–water partition coefficient (Wildman–Crippen LogP) is 1.95. The van der Waals surface area contributed by atoms with Gasteiger partial charge in [-0.05, 0) is 12.3 Å². The lowest BCUT2D eigenvalue weighted by molar-refractivity contribution is -0.192. The van der Waals surface area contributed by atoms with Crippen LogP contribution in [0.5, 0.6) is 0 Å². The van der Waals surface area contributed by atoms with Gasteiger partial charge in [-0.2, -0.15) is 13.2 Å². The van der Waals surface area contributed by atoms with Crippen molar-refractivity contribution in [1.29, 1.82) is 0 Å². The van der Waals surface area contributed by atoms with E-state index in [0.717, 1.165) is 0 Å². The van der Waals surface area contributed by atoms with E-state index in [1.807, 2.05) is 0 Å². The molecule has 1 rings (SSSR count). The Morgan fingerprint density at radius 1 is 1.38 bits per heavy atom. The zero-order valence-corrected chi connectivity index (χ0v) is 9.52. The molecule has 1 aliphatic rings. The lowest BCUT2D eigenvalue weighted by Crippen LogP contribution is -2.52. The average molecular weight is 242 g/mol. The first-order valence-corrected chi connectivity index (χ1v) is 5.35. The van der Waals surface area contributed by atoms with E-state index < -0.39 is 30.3 Å². The quantitative estimate of drug-likeness (QED) is 0.766. The van der Waals surface area contributed by atoms with Gasteiger partial charge in [0.1, 0.15) is 12.7 Å². The monoisotopic (exact) mass is 242 g/mol. The second-order valence-electron chi connectivity index (χ2n) is 4.95. The first-order valence-electron chi connectivity index (χ1n) is 5.35. The van der Waals surface area contributed by atoms with Crippen molar-refractivity contribution in [2.24, 2.45) is 11.7 Å². The van der Waals surface area contributed by atoms with Crippen molar-refractivity contribution in [1.82, 2.24) is 4.90 Å². The van der Waals surface area contributed by atoms with Crippen LogP contribution in [0.1, 0.15) is 20.3 Å². The molecule has 1 heterocycles. The normalized spacial score (nSPS) is 30.0. The minimum Gasteiger partial charge on any atom is -0.322 e. The number of halogens is 4. The highest BCUT2D eigenvalue weighted by atomic mass is 19.4. The molecular formula is C10H18F4N2. The molecule has 0 spiro atoms. The summed E-state index contributed by atoms with van der Waals surface area (Å²) < 4.78 is 51.0. The fraction of sp³-hybridized carbons (Fsp3) is 1.00. The molecule has 6 heteroatoms. The molecule has 2 N–H and O–H groups in total. The maximum Gasteiger partial charge on any atom is 0.404 e. The van der Waals surface area contributed by atoms with Gasteiger partial charge >= 0.3 is 6.18 Å². The fourth-order valence-electron chi connectivity index (χ4n) is 2.28. The van der Waals surface area contributed by atoms with E-state index >= 15 is 0 Å². The van der Waals surface area contributed by atoms with Crippen LogP contribution in [0, 0.1) is 5.92 Å². The highest BCUT2D eigenvalue weighted by molar-refractivity contribution is 4.98. The van der Waals surface area contributed by atoms with Crippen molar-refractivity contribution in [2.45, 2.75) is 38.0 Å². The molecule has 1 aliphatic heterocycles. The third-order valence-electron chi connectivity index (χ3n) is 3.04. The summed E-state index contributed by atoms with van der Waals surface area (Å²) in [6.45, 7) is 2.45. The summed E-state index contributed by atoms with van der Waals surface area (Å²) in [5, 5.41) is 0. The van der Waals surface area contributed by atoms with Gasteiger partial charge in [-0.25, -0.2) is 4.39 Å². The Kier molecular flexibility index (Phi) is 3.84. The van der Waals surface area contributed by atoms with Crippen molar-refractivity contribution < 1.29 is 17.6 Å². The van der Waals surface area contributed by atoms with Crippen LogP contribution < -0.4 is 5.73 Å². The number of likely N-dealkylation sites (tertiary alicyclic amines) is 1. The van der Waals surface area contributed by atoms with Crippen molar-refractivity contribution in [3.8, 4) is 0 Å². The molecule has 1 fully saturated rings. The number of nitrogens with two attached hydrogens (primary N) is 1. The summed E-state index contributed by atoms with van der Waals surface area (Å²) in [4.78, 5) is 1.25. The van der Waals surface area contributed by atoms with E-state index in [2.05, 4.69) is 0 Å². The molecule has 0 saturated carbocycles. The predicted molar refractivity (Wildman–Crippen MR) is 53.8 cm³/mol. The molecule has 0 radical (unpaired) electrons. The molecule has 0 bridgehead atoms. The fourth-order valence-corrected chi connectivity index (χ4v) is 2.28. The molecule has 0 aromatic heterocycles. The highest BCUT2D eigenvalue weighted by Gasteiger charge is 2.49. The number of hydrogen-bond donors (Lipinski definition) is 1. The Morgan fingerprint density at radius 3 is 2.25 bits per heavy atom. The van der Waals surface area contributed by atoms with Gasteiger partial charge in [0.05, 0.1) is 5.54 Å². The molecule has 16 heavy (non-hydrogen) atoms. The molecule has 0 aromatic carbocycles. The number of rotatable bonds is 3. The Balaban J connectivity index is 2.76. The maximum atomic E-state index is 12.8. The Morgan fingerprint density at radius 2 is 1.94 bits per heavy atom. The second-order valence-corrected chi connectivity index (χ2v) is 4.95. The molecule has 0 amide bonds. The number of nitrogens with zero attached hydrogens (tertiary/aromatic N) is 1. The Hall–Kier alpha value is -0.360.